The fourth-order valence-corrected chi connectivity index (χ4v) is 8.40. The average molecular weight is 577 g/mol. The first-order chi connectivity index (χ1) is 21.8. The summed E-state index contributed by atoms with van der Waals surface area (Å²) < 4.78 is 4.97. The van der Waals surface area contributed by atoms with E-state index in [-0.39, 0.29) is 0 Å². The summed E-state index contributed by atoms with van der Waals surface area (Å²) in [5.41, 5.74) is 12.2. The summed E-state index contributed by atoms with van der Waals surface area (Å²) in [6.07, 6.45) is 0. The number of hydrogen-bond donors (Lipinski definition) is 0. The van der Waals surface area contributed by atoms with Crippen LogP contribution >= 0.6 is 11.3 Å². The van der Waals surface area contributed by atoms with Crippen LogP contribution in [-0.2, 0) is 0 Å². The molecule has 0 atom stereocenters. The molecule has 204 valence electrons. The van der Waals surface area contributed by atoms with Crippen LogP contribution in [0.25, 0.3) is 92.4 Å². The predicted molar refractivity (Wildman–Crippen MR) is 187 cm³/mol. The van der Waals surface area contributed by atoms with Crippen LogP contribution in [-0.4, -0.2) is 9.55 Å². The third-order valence-electron chi connectivity index (χ3n) is 9.15. The zero-order chi connectivity index (χ0) is 28.8. The van der Waals surface area contributed by atoms with Crippen LogP contribution in [0.2, 0.25) is 0 Å². The summed E-state index contributed by atoms with van der Waals surface area (Å²) in [5.74, 6) is 0.955. The van der Waals surface area contributed by atoms with Gasteiger partial charge in [-0.15, -0.1) is 11.3 Å². The number of benzene rings is 7. The second-order valence-corrected chi connectivity index (χ2v) is 12.6. The van der Waals surface area contributed by atoms with E-state index in [1.165, 1.54) is 64.3 Å². The van der Waals surface area contributed by atoms with E-state index in [0.717, 1.165) is 28.1 Å². The van der Waals surface area contributed by atoms with Crippen LogP contribution < -0.4 is 0 Å². The molecular weight excluding hydrogens is 553 g/mol. The number of fused-ring (bicyclic) bond motifs is 8. The number of imidazole rings is 1. The summed E-state index contributed by atoms with van der Waals surface area (Å²) in [6.45, 7) is 0. The molecule has 0 spiro atoms. The molecule has 2 nitrogen and oxygen atoms in total. The average Bonchev–Trinajstić information content (AvgIpc) is 3.76. The molecule has 0 saturated heterocycles. The molecule has 9 aromatic rings. The van der Waals surface area contributed by atoms with Gasteiger partial charge in [0.2, 0.25) is 0 Å². The van der Waals surface area contributed by atoms with E-state index in [2.05, 4.69) is 144 Å². The van der Waals surface area contributed by atoms with Crippen molar-refractivity contribution in [2.24, 2.45) is 0 Å². The lowest BCUT2D eigenvalue weighted by atomic mass is 9.98. The van der Waals surface area contributed by atoms with Gasteiger partial charge >= 0.3 is 0 Å². The van der Waals surface area contributed by atoms with Crippen LogP contribution in [0.4, 0.5) is 0 Å². The predicted octanol–water partition coefficient (Wildman–Crippen LogP) is 11.5. The van der Waals surface area contributed by atoms with Crippen molar-refractivity contribution < 1.29 is 0 Å². The highest BCUT2D eigenvalue weighted by Crippen LogP contribution is 2.51. The standard InChI is InChI=1S/C41H24N2S/c1-2-9-26(10-3-1)41-42-36-15-6-7-16-37(36)43(41)28-20-17-25(18-21-28)27-19-22-31-35-24-34-30-12-5-4-11-29(30)32-13-8-14-33(39(32)34)40(35)44-38(31)23-27/h1-24H. The molecule has 7 aromatic carbocycles. The molecule has 3 heteroatoms. The van der Waals surface area contributed by atoms with Crippen molar-refractivity contribution in [3.63, 3.8) is 0 Å². The molecular formula is C41H24N2S. The maximum Gasteiger partial charge on any atom is 0.145 e. The van der Waals surface area contributed by atoms with Gasteiger partial charge < -0.3 is 0 Å². The van der Waals surface area contributed by atoms with E-state index >= 15 is 0 Å². The monoisotopic (exact) mass is 576 g/mol. The molecule has 0 N–H and O–H groups in total. The molecule has 1 aliphatic rings. The minimum atomic E-state index is 0.955. The summed E-state index contributed by atoms with van der Waals surface area (Å²) in [4.78, 5) is 5.01. The van der Waals surface area contributed by atoms with Crippen molar-refractivity contribution in [2.45, 2.75) is 0 Å². The van der Waals surface area contributed by atoms with Crippen molar-refractivity contribution in [3.05, 3.63) is 146 Å². The van der Waals surface area contributed by atoms with E-state index in [1.54, 1.807) is 0 Å². The minimum absolute atomic E-state index is 0.955. The highest BCUT2D eigenvalue weighted by molar-refractivity contribution is 7.26. The molecule has 10 rings (SSSR count). The van der Waals surface area contributed by atoms with Crippen LogP contribution in [0.15, 0.2) is 146 Å². The van der Waals surface area contributed by atoms with Crippen LogP contribution in [0, 0.1) is 0 Å². The maximum absolute atomic E-state index is 5.01. The quantitative estimate of drug-likeness (QED) is 0.205. The molecule has 2 aromatic heterocycles. The van der Waals surface area contributed by atoms with Gasteiger partial charge in [0.05, 0.1) is 11.0 Å². The van der Waals surface area contributed by atoms with Crippen molar-refractivity contribution >= 4 is 53.3 Å². The molecule has 0 bridgehead atoms. The van der Waals surface area contributed by atoms with Gasteiger partial charge in [-0.1, -0.05) is 109 Å². The largest absolute Gasteiger partial charge is 0.292 e. The number of nitrogens with zero attached hydrogens (tertiary/aromatic N) is 2. The Kier molecular flexibility index (Phi) is 4.90. The first-order valence-electron chi connectivity index (χ1n) is 15.0. The van der Waals surface area contributed by atoms with E-state index in [0.29, 0.717) is 0 Å². The van der Waals surface area contributed by atoms with Crippen LogP contribution in [0.1, 0.15) is 0 Å². The van der Waals surface area contributed by atoms with Gasteiger partial charge in [0.15, 0.2) is 0 Å². The first-order valence-corrected chi connectivity index (χ1v) is 15.8. The molecule has 1 aliphatic carbocycles. The maximum atomic E-state index is 5.01. The third-order valence-corrected chi connectivity index (χ3v) is 10.4. The zero-order valence-corrected chi connectivity index (χ0v) is 24.5. The lowest BCUT2D eigenvalue weighted by Crippen LogP contribution is -1.97. The molecule has 2 heterocycles. The minimum Gasteiger partial charge on any atom is -0.292 e. The molecule has 44 heavy (non-hydrogen) atoms. The summed E-state index contributed by atoms with van der Waals surface area (Å²) >= 11 is 1.91. The molecule has 0 aliphatic heterocycles. The van der Waals surface area contributed by atoms with Crippen LogP contribution in [0.5, 0.6) is 0 Å². The Bertz CT molecular complexity index is 2590. The third kappa shape index (κ3) is 3.33. The summed E-state index contributed by atoms with van der Waals surface area (Å²) in [7, 11) is 0. The van der Waals surface area contributed by atoms with E-state index < -0.39 is 0 Å². The smallest absolute Gasteiger partial charge is 0.145 e. The Hall–Kier alpha value is -5.51. The fourth-order valence-electron chi connectivity index (χ4n) is 7.15. The first kappa shape index (κ1) is 24.0. The summed E-state index contributed by atoms with van der Waals surface area (Å²) in [6, 6.07) is 52.7. The second kappa shape index (κ2) is 9.00. The Morgan fingerprint density at radius 3 is 2.07 bits per heavy atom. The number of hydrogen-bond acceptors (Lipinski definition) is 2. The lowest BCUT2D eigenvalue weighted by molar-refractivity contribution is 1.10. The Morgan fingerprint density at radius 2 is 1.20 bits per heavy atom. The SMILES string of the molecule is c1ccc(-c2nc3ccccc3n2-c2ccc(-c3ccc4c(c3)sc3c5cccc6c5c(cc43)-c3ccccc3-6)cc2)cc1. The normalized spacial score (nSPS) is 12.1. The van der Waals surface area contributed by atoms with Crippen LogP contribution in [0.3, 0.4) is 0 Å². The van der Waals surface area contributed by atoms with Crippen molar-refractivity contribution in [3.8, 4) is 50.5 Å². The summed E-state index contributed by atoms with van der Waals surface area (Å²) in [5, 5.41) is 5.44. The number of para-hydroxylation sites is 2. The number of aromatic nitrogens is 2. The van der Waals surface area contributed by atoms with Gasteiger partial charge in [-0.05, 0) is 75.2 Å². The molecule has 0 radical (unpaired) electrons. The van der Waals surface area contributed by atoms with Gasteiger partial charge in [-0.2, -0.15) is 0 Å². The van der Waals surface area contributed by atoms with Gasteiger partial charge in [-0.3, -0.25) is 4.57 Å². The molecule has 0 unspecified atom stereocenters. The van der Waals surface area contributed by atoms with Gasteiger partial charge in [0.25, 0.3) is 0 Å². The van der Waals surface area contributed by atoms with Gasteiger partial charge in [0, 0.05) is 36.8 Å². The number of thiophene rings is 1. The van der Waals surface area contributed by atoms with Crippen molar-refractivity contribution in [2.75, 3.05) is 0 Å². The molecule has 0 amide bonds. The Balaban J connectivity index is 1.10. The topological polar surface area (TPSA) is 17.8 Å². The van der Waals surface area contributed by atoms with E-state index in [4.69, 9.17) is 4.98 Å². The van der Waals surface area contributed by atoms with Gasteiger partial charge in [-0.25, -0.2) is 4.98 Å². The zero-order valence-electron chi connectivity index (χ0n) is 23.7. The highest BCUT2D eigenvalue weighted by atomic mass is 32.1. The van der Waals surface area contributed by atoms with E-state index in [1.807, 2.05) is 17.4 Å². The Labute approximate surface area is 258 Å². The second-order valence-electron chi connectivity index (χ2n) is 11.6. The number of rotatable bonds is 3. The molecule has 0 fully saturated rings. The van der Waals surface area contributed by atoms with Gasteiger partial charge in [0.1, 0.15) is 5.82 Å². The molecule has 0 saturated carbocycles. The van der Waals surface area contributed by atoms with Crippen molar-refractivity contribution in [1.29, 1.82) is 0 Å². The Morgan fingerprint density at radius 1 is 0.477 bits per heavy atom. The van der Waals surface area contributed by atoms with Crippen molar-refractivity contribution in [1.82, 2.24) is 9.55 Å². The van der Waals surface area contributed by atoms with E-state index in [9.17, 15) is 0 Å². The lowest BCUT2D eigenvalue weighted by Gasteiger charge is -2.11. The fraction of sp³-hybridized carbons (Fsp3) is 0. The highest BCUT2D eigenvalue weighted by Gasteiger charge is 2.23.